The number of benzene rings is 2. The minimum Gasteiger partial charge on any atom is -0.460 e. The number of nitrogens with zero attached hydrogens (tertiary/aromatic N) is 3. The maximum Gasteiger partial charge on any atom is 0.336 e. The maximum absolute atomic E-state index is 11.4. The Bertz CT molecular complexity index is 993. The molecule has 1 amide bonds. The highest BCUT2D eigenvalue weighted by Gasteiger charge is 2.17. The number of ether oxygens (including phenoxy) is 2. The summed E-state index contributed by atoms with van der Waals surface area (Å²) < 4.78 is 12.1. The van der Waals surface area contributed by atoms with Crippen molar-refractivity contribution in [2.45, 2.75) is 0 Å². The van der Waals surface area contributed by atoms with Gasteiger partial charge in [0.1, 0.15) is 12.5 Å². The van der Waals surface area contributed by atoms with Gasteiger partial charge in [0.2, 0.25) is 5.91 Å². The van der Waals surface area contributed by atoms with Crippen LogP contribution in [0.1, 0.15) is 0 Å². The lowest BCUT2D eigenvalue weighted by molar-refractivity contribution is -0.113. The molecule has 0 unspecified atom stereocenters. The Hall–Kier alpha value is -2.32. The van der Waals surface area contributed by atoms with Crippen molar-refractivity contribution in [3.63, 3.8) is 0 Å². The second-order valence-corrected chi connectivity index (χ2v) is 6.93. The quantitative estimate of drug-likeness (QED) is 0.401. The van der Waals surface area contributed by atoms with E-state index in [-0.39, 0.29) is 17.8 Å². The monoisotopic (exact) mass is 454 g/mol. The molecule has 1 heterocycles. The fourth-order valence-corrected chi connectivity index (χ4v) is 3.04. The summed E-state index contributed by atoms with van der Waals surface area (Å²) >= 11 is 17.9. The molecule has 0 atom stereocenters. The summed E-state index contributed by atoms with van der Waals surface area (Å²) in [6, 6.07) is 12.3. The molecule has 0 saturated carbocycles. The zero-order valence-corrected chi connectivity index (χ0v) is 17.6. The first-order chi connectivity index (χ1) is 14.0. The highest BCUT2D eigenvalue weighted by molar-refractivity contribution is 6.36. The van der Waals surface area contributed by atoms with Crippen LogP contribution in [0.3, 0.4) is 0 Å². The van der Waals surface area contributed by atoms with E-state index in [0.717, 1.165) is 0 Å². The molecular formula is C19H17Cl3N4O3. The van der Waals surface area contributed by atoms with E-state index < -0.39 is 0 Å². The minimum absolute atomic E-state index is 0.119. The van der Waals surface area contributed by atoms with E-state index in [1.165, 1.54) is 0 Å². The van der Waals surface area contributed by atoms with Crippen molar-refractivity contribution < 1.29 is 14.3 Å². The summed E-state index contributed by atoms with van der Waals surface area (Å²) in [7, 11) is 1.58. The van der Waals surface area contributed by atoms with Crippen molar-refractivity contribution in [1.82, 2.24) is 14.8 Å². The number of aromatic nitrogens is 3. The SMILES string of the molecule is COCCOc1nc(-c2ccc(Cl)cc2Cl)n(-c2ccc(NC(=O)CCl)cc2)n1. The average Bonchev–Trinajstić information content (AvgIpc) is 3.12. The van der Waals surface area contributed by atoms with Crippen LogP contribution in [0.25, 0.3) is 17.1 Å². The molecule has 0 aliphatic carbocycles. The van der Waals surface area contributed by atoms with E-state index in [9.17, 15) is 4.79 Å². The van der Waals surface area contributed by atoms with Gasteiger partial charge in [-0.2, -0.15) is 4.98 Å². The second-order valence-electron chi connectivity index (χ2n) is 5.82. The van der Waals surface area contributed by atoms with Crippen LogP contribution in [0.2, 0.25) is 10.0 Å². The normalized spacial score (nSPS) is 10.8. The van der Waals surface area contributed by atoms with Gasteiger partial charge in [0.05, 0.1) is 17.3 Å². The number of alkyl halides is 1. The number of carbonyl (C=O) groups is 1. The van der Waals surface area contributed by atoms with Gasteiger partial charge >= 0.3 is 6.01 Å². The van der Waals surface area contributed by atoms with Crippen LogP contribution in [0, 0.1) is 0 Å². The minimum atomic E-state index is -0.289. The predicted molar refractivity (Wildman–Crippen MR) is 114 cm³/mol. The number of amides is 1. The van der Waals surface area contributed by atoms with Crippen molar-refractivity contribution >= 4 is 46.4 Å². The third-order valence-electron chi connectivity index (χ3n) is 3.80. The molecule has 1 aromatic heterocycles. The Kier molecular flexibility index (Phi) is 7.33. The number of halogens is 3. The van der Waals surface area contributed by atoms with E-state index in [2.05, 4.69) is 15.4 Å². The number of anilines is 1. The number of nitrogens with one attached hydrogen (secondary N) is 1. The number of methoxy groups -OCH3 is 1. The summed E-state index contributed by atoms with van der Waals surface area (Å²) in [5.74, 6) is 0.0749. The van der Waals surface area contributed by atoms with E-state index >= 15 is 0 Å². The molecule has 1 N–H and O–H groups in total. The largest absolute Gasteiger partial charge is 0.460 e. The third kappa shape index (κ3) is 5.39. The number of carbonyl (C=O) groups excluding carboxylic acids is 1. The van der Waals surface area contributed by atoms with Gasteiger partial charge in [-0.05, 0) is 42.5 Å². The molecule has 0 fully saturated rings. The van der Waals surface area contributed by atoms with Gasteiger partial charge in [0.25, 0.3) is 0 Å². The van der Waals surface area contributed by atoms with E-state index in [4.69, 9.17) is 44.3 Å². The van der Waals surface area contributed by atoms with Crippen molar-refractivity contribution in [1.29, 1.82) is 0 Å². The Morgan fingerprint density at radius 1 is 1.14 bits per heavy atom. The molecular weight excluding hydrogens is 439 g/mol. The molecule has 0 aliphatic heterocycles. The first kappa shape index (κ1) is 21.4. The zero-order valence-electron chi connectivity index (χ0n) is 15.4. The van der Waals surface area contributed by atoms with Gasteiger partial charge in [0.15, 0.2) is 5.82 Å². The third-order valence-corrected chi connectivity index (χ3v) is 4.59. The summed E-state index contributed by atoms with van der Waals surface area (Å²) in [6.07, 6.45) is 0. The number of hydrogen-bond donors (Lipinski definition) is 1. The fraction of sp³-hybridized carbons (Fsp3) is 0.211. The van der Waals surface area contributed by atoms with E-state index in [0.29, 0.717) is 46.0 Å². The Labute approximate surface area is 182 Å². The van der Waals surface area contributed by atoms with Crippen LogP contribution in [-0.4, -0.2) is 46.9 Å². The van der Waals surface area contributed by atoms with Gasteiger partial charge in [-0.25, -0.2) is 4.68 Å². The summed E-state index contributed by atoms with van der Waals surface area (Å²) in [5.41, 5.74) is 1.95. The lowest BCUT2D eigenvalue weighted by Gasteiger charge is -2.09. The Morgan fingerprint density at radius 3 is 2.55 bits per heavy atom. The number of rotatable bonds is 8. The molecule has 0 saturated heterocycles. The molecule has 0 spiro atoms. The molecule has 0 aliphatic rings. The summed E-state index contributed by atoms with van der Waals surface area (Å²) in [4.78, 5) is 15.9. The van der Waals surface area contributed by atoms with Crippen LogP contribution in [-0.2, 0) is 9.53 Å². The molecule has 10 heteroatoms. The molecule has 2 aromatic carbocycles. The van der Waals surface area contributed by atoms with E-state index in [1.807, 2.05) is 0 Å². The molecule has 7 nitrogen and oxygen atoms in total. The molecule has 29 heavy (non-hydrogen) atoms. The van der Waals surface area contributed by atoms with Gasteiger partial charge in [-0.1, -0.05) is 23.2 Å². The Morgan fingerprint density at radius 2 is 1.90 bits per heavy atom. The molecule has 3 aromatic rings. The average molecular weight is 456 g/mol. The molecule has 0 radical (unpaired) electrons. The van der Waals surface area contributed by atoms with Gasteiger partial charge in [-0.3, -0.25) is 4.79 Å². The molecule has 3 rings (SSSR count). The summed E-state index contributed by atoms with van der Waals surface area (Å²) in [6.45, 7) is 0.707. The lowest BCUT2D eigenvalue weighted by Crippen LogP contribution is -2.12. The van der Waals surface area contributed by atoms with Crippen LogP contribution >= 0.6 is 34.8 Å². The van der Waals surface area contributed by atoms with Crippen molar-refractivity contribution in [2.24, 2.45) is 0 Å². The topological polar surface area (TPSA) is 78.3 Å². The standard InChI is InChI=1S/C19H17Cl3N4O3/c1-28-8-9-29-19-24-18(15-7-2-12(21)10-16(15)22)26(25-19)14-5-3-13(4-6-14)23-17(27)11-20/h2-7,10H,8-9,11H2,1H3,(H,23,27). The van der Waals surface area contributed by atoms with Gasteiger partial charge in [-0.15, -0.1) is 16.7 Å². The van der Waals surface area contributed by atoms with Crippen LogP contribution < -0.4 is 10.1 Å². The highest BCUT2D eigenvalue weighted by atomic mass is 35.5. The first-order valence-electron chi connectivity index (χ1n) is 8.52. The second kappa shape index (κ2) is 9.93. The first-order valence-corrected chi connectivity index (χ1v) is 9.81. The van der Waals surface area contributed by atoms with Crippen LogP contribution in [0.5, 0.6) is 6.01 Å². The van der Waals surface area contributed by atoms with Crippen molar-refractivity contribution in [2.75, 3.05) is 31.5 Å². The molecule has 0 bridgehead atoms. The highest BCUT2D eigenvalue weighted by Crippen LogP contribution is 2.32. The van der Waals surface area contributed by atoms with E-state index in [1.54, 1.807) is 54.3 Å². The Balaban J connectivity index is 1.98. The smallest absolute Gasteiger partial charge is 0.336 e. The molecule has 152 valence electrons. The van der Waals surface area contributed by atoms with Crippen LogP contribution in [0.4, 0.5) is 5.69 Å². The van der Waals surface area contributed by atoms with Crippen molar-refractivity contribution in [3.05, 3.63) is 52.5 Å². The summed E-state index contributed by atoms with van der Waals surface area (Å²) in [5, 5.41) is 8.05. The fourth-order valence-electron chi connectivity index (χ4n) is 2.48. The lowest BCUT2D eigenvalue weighted by atomic mass is 10.2. The van der Waals surface area contributed by atoms with Crippen LogP contribution in [0.15, 0.2) is 42.5 Å². The van der Waals surface area contributed by atoms with Gasteiger partial charge < -0.3 is 14.8 Å². The zero-order chi connectivity index (χ0) is 20.8. The predicted octanol–water partition coefficient (Wildman–Crippen LogP) is 4.44. The van der Waals surface area contributed by atoms with Gasteiger partial charge in [0, 0.05) is 23.4 Å². The maximum atomic E-state index is 11.4. The van der Waals surface area contributed by atoms with Crippen molar-refractivity contribution in [3.8, 4) is 23.1 Å². The number of hydrogen-bond acceptors (Lipinski definition) is 5.